The molecule has 1 heterocycles. The highest BCUT2D eigenvalue weighted by molar-refractivity contribution is 5.40. The first-order valence-corrected chi connectivity index (χ1v) is 6.22. The number of nitrogens with one attached hydrogen (secondary N) is 1. The van der Waals surface area contributed by atoms with Crippen LogP contribution in [0.5, 0.6) is 0 Å². The van der Waals surface area contributed by atoms with E-state index in [-0.39, 0.29) is 11.8 Å². The molecule has 1 aromatic heterocycles. The molecule has 0 unspecified atom stereocenters. The Hall–Kier alpha value is -2.44. The molecule has 0 saturated carbocycles. The summed E-state index contributed by atoms with van der Waals surface area (Å²) in [6.45, 7) is 0.627. The van der Waals surface area contributed by atoms with Gasteiger partial charge in [0, 0.05) is 20.6 Å². The first-order chi connectivity index (χ1) is 9.54. The van der Waals surface area contributed by atoms with E-state index in [0.717, 1.165) is 12.0 Å². The Balaban J connectivity index is 1.95. The van der Waals surface area contributed by atoms with Gasteiger partial charge in [0.2, 0.25) is 17.8 Å². The summed E-state index contributed by atoms with van der Waals surface area (Å²) in [7, 11) is 3.66. The van der Waals surface area contributed by atoms with Crippen LogP contribution in [-0.4, -0.2) is 35.6 Å². The average Bonchev–Trinajstić information content (AvgIpc) is 2.40. The first kappa shape index (κ1) is 14.0. The Labute approximate surface area is 116 Å². The minimum absolute atomic E-state index is 0.174. The maximum absolute atomic E-state index is 12.8. The molecule has 0 radical (unpaired) electrons. The number of hydrogen-bond acceptors (Lipinski definition) is 6. The summed E-state index contributed by atoms with van der Waals surface area (Å²) in [6.07, 6.45) is 0.739. The number of aromatic nitrogens is 3. The van der Waals surface area contributed by atoms with E-state index in [0.29, 0.717) is 18.4 Å². The van der Waals surface area contributed by atoms with Gasteiger partial charge in [0.15, 0.2) is 0 Å². The highest BCUT2D eigenvalue weighted by atomic mass is 19.1. The highest BCUT2D eigenvalue weighted by Gasteiger charge is 2.05. The molecule has 0 saturated heterocycles. The van der Waals surface area contributed by atoms with Crippen molar-refractivity contribution in [3.8, 4) is 0 Å². The van der Waals surface area contributed by atoms with Crippen LogP contribution in [0.25, 0.3) is 0 Å². The quantitative estimate of drug-likeness (QED) is 0.857. The zero-order valence-electron chi connectivity index (χ0n) is 11.5. The predicted molar refractivity (Wildman–Crippen MR) is 77.2 cm³/mol. The predicted octanol–water partition coefficient (Wildman–Crippen LogP) is 1.31. The molecule has 0 spiro atoms. The van der Waals surface area contributed by atoms with Crippen molar-refractivity contribution in [3.63, 3.8) is 0 Å². The van der Waals surface area contributed by atoms with E-state index >= 15 is 0 Å². The smallest absolute Gasteiger partial charge is 0.231 e. The molecular weight excluding hydrogens is 259 g/mol. The Morgan fingerprint density at radius 3 is 2.50 bits per heavy atom. The Morgan fingerprint density at radius 2 is 1.85 bits per heavy atom. The molecule has 1 aromatic carbocycles. The summed E-state index contributed by atoms with van der Waals surface area (Å²) in [6, 6.07) is 6.40. The second-order valence-electron chi connectivity index (χ2n) is 4.51. The number of rotatable bonds is 5. The van der Waals surface area contributed by atoms with E-state index in [1.807, 2.05) is 14.1 Å². The third-order valence-corrected chi connectivity index (χ3v) is 2.65. The maximum Gasteiger partial charge on any atom is 0.231 e. The van der Waals surface area contributed by atoms with Crippen molar-refractivity contribution >= 4 is 17.8 Å². The lowest BCUT2D eigenvalue weighted by Crippen LogP contribution is -2.17. The van der Waals surface area contributed by atoms with E-state index in [4.69, 9.17) is 5.73 Å². The zero-order valence-corrected chi connectivity index (χ0v) is 11.5. The van der Waals surface area contributed by atoms with Gasteiger partial charge in [-0.25, -0.2) is 4.39 Å². The molecule has 20 heavy (non-hydrogen) atoms. The van der Waals surface area contributed by atoms with Crippen LogP contribution in [-0.2, 0) is 6.42 Å². The fourth-order valence-corrected chi connectivity index (χ4v) is 1.63. The van der Waals surface area contributed by atoms with Crippen molar-refractivity contribution in [3.05, 3.63) is 35.6 Å². The van der Waals surface area contributed by atoms with Gasteiger partial charge in [0.25, 0.3) is 0 Å². The fraction of sp³-hybridized carbons (Fsp3) is 0.308. The monoisotopic (exact) mass is 276 g/mol. The van der Waals surface area contributed by atoms with Crippen molar-refractivity contribution in [1.29, 1.82) is 0 Å². The number of nitrogen functional groups attached to an aromatic ring is 1. The molecule has 2 rings (SSSR count). The van der Waals surface area contributed by atoms with E-state index in [1.165, 1.54) is 12.1 Å². The molecule has 0 amide bonds. The second kappa shape index (κ2) is 6.14. The number of hydrogen-bond donors (Lipinski definition) is 2. The van der Waals surface area contributed by atoms with Crippen LogP contribution in [0.2, 0.25) is 0 Å². The third kappa shape index (κ3) is 3.78. The summed E-state index contributed by atoms with van der Waals surface area (Å²) >= 11 is 0. The minimum atomic E-state index is -0.234. The van der Waals surface area contributed by atoms with Gasteiger partial charge < -0.3 is 16.0 Å². The molecule has 0 aliphatic heterocycles. The number of halogens is 1. The molecule has 3 N–H and O–H groups in total. The van der Waals surface area contributed by atoms with Gasteiger partial charge in [-0.2, -0.15) is 15.0 Å². The van der Waals surface area contributed by atoms with Gasteiger partial charge >= 0.3 is 0 Å². The van der Waals surface area contributed by atoms with E-state index in [1.54, 1.807) is 17.0 Å². The first-order valence-electron chi connectivity index (χ1n) is 6.22. The molecule has 0 aliphatic carbocycles. The molecule has 0 aliphatic rings. The van der Waals surface area contributed by atoms with Crippen LogP contribution in [0.15, 0.2) is 24.3 Å². The zero-order chi connectivity index (χ0) is 14.5. The largest absolute Gasteiger partial charge is 0.368 e. The number of benzene rings is 1. The van der Waals surface area contributed by atoms with Crippen LogP contribution in [0.1, 0.15) is 5.56 Å². The SMILES string of the molecule is CN(C)c1nc(N)nc(NCCc2ccc(F)cc2)n1. The Bertz CT molecular complexity index is 570. The van der Waals surface area contributed by atoms with Crippen molar-refractivity contribution in [2.24, 2.45) is 0 Å². The normalized spacial score (nSPS) is 10.3. The number of anilines is 3. The average molecular weight is 276 g/mol. The molecule has 2 aromatic rings. The van der Waals surface area contributed by atoms with Crippen molar-refractivity contribution in [2.75, 3.05) is 36.6 Å². The topological polar surface area (TPSA) is 80.0 Å². The van der Waals surface area contributed by atoms with Gasteiger partial charge in [-0.1, -0.05) is 12.1 Å². The molecule has 7 heteroatoms. The number of nitrogens with two attached hydrogens (primary N) is 1. The molecule has 0 bridgehead atoms. The van der Waals surface area contributed by atoms with Crippen LogP contribution < -0.4 is 16.0 Å². The molecule has 0 fully saturated rings. The number of nitrogens with zero attached hydrogens (tertiary/aromatic N) is 4. The maximum atomic E-state index is 12.8. The van der Waals surface area contributed by atoms with Gasteiger partial charge in [-0.05, 0) is 24.1 Å². The third-order valence-electron chi connectivity index (χ3n) is 2.65. The van der Waals surface area contributed by atoms with Crippen LogP contribution in [0.4, 0.5) is 22.2 Å². The molecule has 106 valence electrons. The highest BCUT2D eigenvalue weighted by Crippen LogP contribution is 2.09. The summed E-state index contributed by atoms with van der Waals surface area (Å²) in [5, 5.41) is 3.08. The minimum Gasteiger partial charge on any atom is -0.368 e. The molecule has 6 nitrogen and oxygen atoms in total. The summed E-state index contributed by atoms with van der Waals surface area (Å²) in [5.74, 6) is 0.876. The van der Waals surface area contributed by atoms with E-state index in [2.05, 4.69) is 20.3 Å². The van der Waals surface area contributed by atoms with Crippen LogP contribution >= 0.6 is 0 Å². The summed E-state index contributed by atoms with van der Waals surface area (Å²) < 4.78 is 12.8. The lowest BCUT2D eigenvalue weighted by Gasteiger charge is -2.12. The van der Waals surface area contributed by atoms with E-state index < -0.39 is 0 Å². The Morgan fingerprint density at radius 1 is 1.15 bits per heavy atom. The molecule has 0 atom stereocenters. The fourth-order valence-electron chi connectivity index (χ4n) is 1.63. The standard InChI is InChI=1S/C13H17FN6/c1-20(2)13-18-11(15)17-12(19-13)16-8-7-9-3-5-10(14)6-4-9/h3-6H,7-8H2,1-2H3,(H3,15,16,17,18,19). The van der Waals surface area contributed by atoms with Gasteiger partial charge in [0.1, 0.15) is 5.82 Å². The van der Waals surface area contributed by atoms with E-state index in [9.17, 15) is 4.39 Å². The lowest BCUT2D eigenvalue weighted by atomic mass is 10.1. The summed E-state index contributed by atoms with van der Waals surface area (Å²) in [5.41, 5.74) is 6.66. The van der Waals surface area contributed by atoms with Crippen LogP contribution in [0, 0.1) is 5.82 Å². The second-order valence-corrected chi connectivity index (χ2v) is 4.51. The molecular formula is C13H17FN6. The van der Waals surface area contributed by atoms with Crippen molar-refractivity contribution < 1.29 is 4.39 Å². The lowest BCUT2D eigenvalue weighted by molar-refractivity contribution is 0.627. The van der Waals surface area contributed by atoms with Crippen molar-refractivity contribution in [2.45, 2.75) is 6.42 Å². The van der Waals surface area contributed by atoms with Crippen molar-refractivity contribution in [1.82, 2.24) is 15.0 Å². The van der Waals surface area contributed by atoms with Gasteiger partial charge in [0.05, 0.1) is 0 Å². The Kier molecular flexibility index (Phi) is 4.29. The van der Waals surface area contributed by atoms with Gasteiger partial charge in [-0.15, -0.1) is 0 Å². The van der Waals surface area contributed by atoms with Gasteiger partial charge in [-0.3, -0.25) is 0 Å². The van der Waals surface area contributed by atoms with Crippen LogP contribution in [0.3, 0.4) is 0 Å². The summed E-state index contributed by atoms with van der Waals surface area (Å²) in [4.78, 5) is 14.0.